The van der Waals surface area contributed by atoms with E-state index in [4.69, 9.17) is 4.74 Å². The van der Waals surface area contributed by atoms with Crippen LogP contribution < -0.4 is 0 Å². The maximum atomic E-state index is 11.6. The largest absolute Gasteiger partial charge is 0.443 e. The highest BCUT2D eigenvalue weighted by Crippen LogP contribution is 2.30. The molecule has 19 heavy (non-hydrogen) atoms. The van der Waals surface area contributed by atoms with Crippen LogP contribution in [0.5, 0.6) is 0 Å². The van der Waals surface area contributed by atoms with Crippen LogP contribution in [0.25, 0.3) is 0 Å². The van der Waals surface area contributed by atoms with Crippen LogP contribution in [-0.2, 0) is 11.3 Å². The number of benzene rings is 1. The molecule has 0 spiro atoms. The van der Waals surface area contributed by atoms with E-state index in [0.717, 1.165) is 5.56 Å². The smallest absolute Gasteiger partial charge is 0.434 e. The Balaban J connectivity index is 1.88. The van der Waals surface area contributed by atoms with Crippen LogP contribution in [0, 0.1) is 0 Å². The summed E-state index contributed by atoms with van der Waals surface area (Å²) >= 11 is 0. The van der Waals surface area contributed by atoms with E-state index in [1.165, 1.54) is 0 Å². The van der Waals surface area contributed by atoms with Gasteiger partial charge in [0.05, 0.1) is 0 Å². The van der Waals surface area contributed by atoms with E-state index in [0.29, 0.717) is 0 Å². The van der Waals surface area contributed by atoms with Crippen LogP contribution in [0.3, 0.4) is 0 Å². The predicted molar refractivity (Wildman–Crippen MR) is 65.2 cm³/mol. The first-order valence-electron chi connectivity index (χ1n) is 5.76. The lowest BCUT2D eigenvalue weighted by molar-refractivity contribution is -0.168. The monoisotopic (exact) mass is 265 g/mol. The molecule has 1 amide bonds. The number of hydrogen-bond donors (Lipinski definition) is 3. The Kier molecular flexibility index (Phi) is 3.84. The highest BCUT2D eigenvalue weighted by molar-refractivity contribution is 5.68. The van der Waals surface area contributed by atoms with E-state index < -0.39 is 24.3 Å². The van der Waals surface area contributed by atoms with Gasteiger partial charge in [0.2, 0.25) is 0 Å². The van der Waals surface area contributed by atoms with Crippen LogP contribution in [-0.4, -0.2) is 44.8 Å². The third kappa shape index (κ3) is 2.60. The molecule has 1 fully saturated rings. The Morgan fingerprint density at radius 3 is 2.53 bits per heavy atom. The third-order valence-corrected chi connectivity index (χ3v) is 3.06. The maximum absolute atomic E-state index is 11.6. The lowest BCUT2D eigenvalue weighted by Crippen LogP contribution is -2.61. The average Bonchev–Trinajstić information content (AvgIpc) is 2.45. The minimum atomic E-state index is -1.25. The number of hydrogen-bond acceptors (Lipinski definition) is 5. The molecule has 0 radical (unpaired) electrons. The van der Waals surface area contributed by atoms with Crippen molar-refractivity contribution < 1.29 is 25.0 Å². The second-order valence-electron chi connectivity index (χ2n) is 4.34. The first-order valence-corrected chi connectivity index (χ1v) is 5.76. The minimum Gasteiger partial charge on any atom is -0.443 e. The number of carbonyl (C=O) groups excluding carboxylic acids is 1. The zero-order valence-electron chi connectivity index (χ0n) is 10.1. The Morgan fingerprint density at radius 1 is 1.32 bits per heavy atom. The highest BCUT2D eigenvalue weighted by atomic mass is 16.6. The third-order valence-electron chi connectivity index (χ3n) is 3.06. The molecule has 0 aromatic heterocycles. The summed E-state index contributed by atoms with van der Waals surface area (Å²) in [6, 6.07) is 7.95. The topological polar surface area (TPSA) is 90.2 Å². The summed E-state index contributed by atoms with van der Waals surface area (Å²) < 4.78 is 4.88. The molecule has 1 aromatic rings. The fourth-order valence-corrected chi connectivity index (χ4v) is 1.87. The van der Waals surface area contributed by atoms with Gasteiger partial charge in [0.15, 0.2) is 0 Å². The lowest BCUT2D eigenvalue weighted by Gasteiger charge is -2.43. The molecule has 0 aliphatic heterocycles. The number of nitrogens with zero attached hydrogens (tertiary/aromatic N) is 1. The van der Waals surface area contributed by atoms with Crippen molar-refractivity contribution in [1.29, 1.82) is 0 Å². The Bertz CT molecular complexity index is 475. The molecule has 0 saturated heterocycles. The summed E-state index contributed by atoms with van der Waals surface area (Å²) in [4.78, 5) is 11.6. The van der Waals surface area contributed by atoms with Gasteiger partial charge >= 0.3 is 6.09 Å². The first-order chi connectivity index (χ1) is 9.02. The molecule has 3 N–H and O–H groups in total. The van der Waals surface area contributed by atoms with Gasteiger partial charge in [-0.05, 0) is 11.1 Å². The lowest BCUT2D eigenvalue weighted by atomic mass is 9.80. The number of aliphatic hydroxyl groups excluding tert-OH is 2. The molecule has 102 valence electrons. The molecular weight excluding hydrogens is 250 g/mol. The zero-order chi connectivity index (χ0) is 14.0. The predicted octanol–water partition coefficient (Wildman–Crippen LogP) is 0.675. The summed E-state index contributed by atoms with van der Waals surface area (Å²) in [6.07, 6.45) is -3.37. The Morgan fingerprint density at radius 2 is 1.95 bits per heavy atom. The van der Waals surface area contributed by atoms with Crippen molar-refractivity contribution >= 4 is 6.09 Å². The molecular formula is C13H15NO5. The van der Waals surface area contributed by atoms with Gasteiger partial charge in [0.25, 0.3) is 0 Å². The summed E-state index contributed by atoms with van der Waals surface area (Å²) in [5.41, 5.74) is 0.948. The molecule has 2 rings (SSSR count). The van der Waals surface area contributed by atoms with Crippen LogP contribution in [0.4, 0.5) is 4.79 Å². The van der Waals surface area contributed by atoms with Crippen molar-refractivity contribution in [3.8, 4) is 0 Å². The summed E-state index contributed by atoms with van der Waals surface area (Å²) in [6.45, 7) is 3.48. The summed E-state index contributed by atoms with van der Waals surface area (Å²) in [5, 5.41) is 28.5. The summed E-state index contributed by atoms with van der Waals surface area (Å²) in [7, 11) is 0. The minimum absolute atomic E-state index is 0.00851. The summed E-state index contributed by atoms with van der Waals surface area (Å²) in [5.74, 6) is 0. The number of hydroxylamine groups is 2. The van der Waals surface area contributed by atoms with Gasteiger partial charge in [-0.3, -0.25) is 5.21 Å². The molecule has 1 aliphatic carbocycles. The van der Waals surface area contributed by atoms with Gasteiger partial charge in [-0.2, -0.15) is 5.06 Å². The van der Waals surface area contributed by atoms with Crippen LogP contribution in [0.2, 0.25) is 0 Å². The second-order valence-corrected chi connectivity index (χ2v) is 4.34. The normalized spacial score (nSPS) is 25.6. The van der Waals surface area contributed by atoms with Crippen molar-refractivity contribution in [3.05, 3.63) is 48.0 Å². The highest BCUT2D eigenvalue weighted by Gasteiger charge is 2.48. The van der Waals surface area contributed by atoms with Gasteiger partial charge in [0, 0.05) is 0 Å². The molecule has 1 aliphatic rings. The number of ether oxygens (including phenoxy) is 1. The number of amides is 1. The standard InChI is InChI=1S/C13H15NO5/c1-8-10(12(16)11(8)15)14(18)13(17)19-7-9-5-3-2-4-6-9/h2-6,10-12,15-16,18H,1,7H2. The van der Waals surface area contributed by atoms with E-state index in [2.05, 4.69) is 6.58 Å². The quantitative estimate of drug-likeness (QED) is 0.424. The molecule has 1 aromatic carbocycles. The molecule has 0 heterocycles. The number of rotatable bonds is 3. The van der Waals surface area contributed by atoms with Gasteiger partial charge < -0.3 is 14.9 Å². The van der Waals surface area contributed by atoms with E-state index in [1.54, 1.807) is 24.3 Å². The van der Waals surface area contributed by atoms with Crippen molar-refractivity contribution in [2.24, 2.45) is 0 Å². The van der Waals surface area contributed by atoms with E-state index in [-0.39, 0.29) is 17.2 Å². The van der Waals surface area contributed by atoms with E-state index >= 15 is 0 Å². The van der Waals surface area contributed by atoms with Crippen LogP contribution >= 0.6 is 0 Å². The second kappa shape index (κ2) is 5.40. The Labute approximate surface area is 110 Å². The number of aliphatic hydroxyl groups is 2. The van der Waals surface area contributed by atoms with Gasteiger partial charge in [-0.25, -0.2) is 4.79 Å². The molecule has 0 bridgehead atoms. The van der Waals surface area contributed by atoms with Gasteiger partial charge in [-0.15, -0.1) is 0 Å². The van der Waals surface area contributed by atoms with Gasteiger partial charge in [-0.1, -0.05) is 36.9 Å². The van der Waals surface area contributed by atoms with E-state index in [9.17, 15) is 20.2 Å². The molecule has 6 nitrogen and oxygen atoms in total. The number of carbonyl (C=O) groups is 1. The zero-order valence-corrected chi connectivity index (χ0v) is 10.1. The van der Waals surface area contributed by atoms with Crippen LogP contribution in [0.15, 0.2) is 42.5 Å². The van der Waals surface area contributed by atoms with Crippen LogP contribution in [0.1, 0.15) is 5.56 Å². The van der Waals surface area contributed by atoms with Gasteiger partial charge in [0.1, 0.15) is 24.9 Å². The van der Waals surface area contributed by atoms with Crippen molar-refractivity contribution in [2.75, 3.05) is 0 Å². The van der Waals surface area contributed by atoms with Crippen molar-refractivity contribution in [3.63, 3.8) is 0 Å². The molecule has 6 heteroatoms. The fraction of sp³-hybridized carbons (Fsp3) is 0.308. The fourth-order valence-electron chi connectivity index (χ4n) is 1.87. The molecule has 3 unspecified atom stereocenters. The first kappa shape index (κ1) is 13.5. The maximum Gasteiger partial charge on any atom is 0.434 e. The Hall–Kier alpha value is -1.89. The van der Waals surface area contributed by atoms with Crippen molar-refractivity contribution in [2.45, 2.75) is 24.9 Å². The SMILES string of the molecule is C=C1C(O)C(O)C1N(O)C(=O)OCc1ccccc1. The average molecular weight is 265 g/mol. The van der Waals surface area contributed by atoms with Crippen molar-refractivity contribution in [1.82, 2.24) is 5.06 Å². The molecule has 1 saturated carbocycles. The van der Waals surface area contributed by atoms with E-state index in [1.807, 2.05) is 6.07 Å². The molecule has 3 atom stereocenters.